The first-order valence-corrected chi connectivity index (χ1v) is 8.54. The van der Waals surface area contributed by atoms with Crippen molar-refractivity contribution in [3.05, 3.63) is 46.8 Å². The van der Waals surface area contributed by atoms with Crippen LogP contribution in [0.4, 0.5) is 5.82 Å². The summed E-state index contributed by atoms with van der Waals surface area (Å²) in [7, 11) is 1.63. The highest BCUT2D eigenvalue weighted by Gasteiger charge is 2.34. The topological polar surface area (TPSA) is 89.3 Å². The number of nitrogens with zero attached hydrogens (tertiary/aromatic N) is 2. The molecule has 0 saturated heterocycles. The molecule has 1 saturated carbocycles. The third-order valence-corrected chi connectivity index (χ3v) is 4.57. The van der Waals surface area contributed by atoms with Crippen LogP contribution in [-0.4, -0.2) is 23.2 Å². The summed E-state index contributed by atoms with van der Waals surface area (Å²) < 4.78 is 10.6. The van der Waals surface area contributed by atoms with Gasteiger partial charge in [0.25, 0.3) is 5.91 Å². The second-order valence-corrected chi connectivity index (χ2v) is 6.57. The number of fused-ring (bicyclic) bond motifs is 1. The third kappa shape index (κ3) is 2.96. The number of ether oxygens (including phenoxy) is 1. The molecule has 1 aliphatic carbocycles. The number of hydrazine groups is 1. The molecule has 0 atom stereocenters. The zero-order valence-electron chi connectivity index (χ0n) is 14.9. The molecule has 3 aromatic rings. The molecule has 7 nitrogen and oxygen atoms in total. The van der Waals surface area contributed by atoms with Crippen LogP contribution in [0.2, 0.25) is 0 Å². The summed E-state index contributed by atoms with van der Waals surface area (Å²) in [6.45, 7) is 3.71. The molecule has 1 amide bonds. The van der Waals surface area contributed by atoms with Crippen LogP contribution in [0.15, 0.2) is 28.8 Å². The van der Waals surface area contributed by atoms with E-state index in [1.165, 1.54) is 0 Å². The van der Waals surface area contributed by atoms with Gasteiger partial charge in [0.2, 0.25) is 0 Å². The lowest BCUT2D eigenvalue weighted by molar-refractivity contribution is 0.0960. The maximum absolute atomic E-state index is 12.6. The van der Waals surface area contributed by atoms with Crippen molar-refractivity contribution < 1.29 is 14.1 Å². The van der Waals surface area contributed by atoms with E-state index in [0.29, 0.717) is 28.8 Å². The van der Waals surface area contributed by atoms with Crippen LogP contribution >= 0.6 is 0 Å². The molecule has 7 heteroatoms. The molecule has 2 N–H and O–H groups in total. The Kier molecular flexibility index (Phi) is 3.99. The van der Waals surface area contributed by atoms with Gasteiger partial charge in [-0.15, -0.1) is 0 Å². The number of aromatic nitrogens is 2. The molecule has 1 aromatic carbocycles. The van der Waals surface area contributed by atoms with Gasteiger partial charge in [-0.25, -0.2) is 4.98 Å². The van der Waals surface area contributed by atoms with Crippen molar-refractivity contribution in [1.82, 2.24) is 15.6 Å². The number of hydrogen-bond donors (Lipinski definition) is 2. The second-order valence-electron chi connectivity index (χ2n) is 6.57. The number of methoxy groups -OCH3 is 1. The summed E-state index contributed by atoms with van der Waals surface area (Å²) >= 11 is 0. The van der Waals surface area contributed by atoms with Gasteiger partial charge in [0.05, 0.1) is 18.3 Å². The van der Waals surface area contributed by atoms with Gasteiger partial charge >= 0.3 is 0 Å². The maximum atomic E-state index is 12.6. The third-order valence-electron chi connectivity index (χ3n) is 4.57. The van der Waals surface area contributed by atoms with Crippen molar-refractivity contribution in [2.24, 2.45) is 0 Å². The highest BCUT2D eigenvalue weighted by molar-refractivity contribution is 5.97. The monoisotopic (exact) mass is 352 g/mol. The summed E-state index contributed by atoms with van der Waals surface area (Å²) in [6, 6.07) is 7.67. The Bertz CT molecular complexity index is 992. The maximum Gasteiger partial charge on any atom is 0.275 e. The van der Waals surface area contributed by atoms with Crippen LogP contribution in [0.5, 0.6) is 5.75 Å². The Morgan fingerprint density at radius 2 is 2.08 bits per heavy atom. The number of amides is 1. The number of nitrogens with one attached hydrogen (secondary N) is 2. The average Bonchev–Trinajstić information content (AvgIpc) is 3.41. The van der Waals surface area contributed by atoms with E-state index in [1.807, 2.05) is 31.2 Å². The second kappa shape index (κ2) is 6.33. The standard InChI is InChI=1S/C19H20N4O3/c1-10-8-13-9-14(25-3)6-7-15(13)20-18(10)21-22-19(24)16-11(2)23-26-17(16)12-4-5-12/h6-9,12H,4-5H2,1-3H3,(H,20,21)(H,22,24). The Labute approximate surface area is 150 Å². The van der Waals surface area contributed by atoms with E-state index in [1.54, 1.807) is 14.0 Å². The van der Waals surface area contributed by atoms with Gasteiger partial charge in [0.1, 0.15) is 17.1 Å². The number of hydrogen-bond acceptors (Lipinski definition) is 6. The van der Waals surface area contributed by atoms with Gasteiger partial charge in [-0.1, -0.05) is 5.16 Å². The first kappa shape index (κ1) is 16.4. The van der Waals surface area contributed by atoms with Gasteiger partial charge < -0.3 is 9.26 Å². The Morgan fingerprint density at radius 1 is 1.27 bits per heavy atom. The van der Waals surface area contributed by atoms with Crippen molar-refractivity contribution >= 4 is 22.6 Å². The van der Waals surface area contributed by atoms with Crippen LogP contribution < -0.4 is 15.6 Å². The molecule has 0 spiro atoms. The minimum Gasteiger partial charge on any atom is -0.497 e. The van der Waals surface area contributed by atoms with E-state index in [-0.39, 0.29) is 5.91 Å². The lowest BCUT2D eigenvalue weighted by Gasteiger charge is -2.12. The Hall–Kier alpha value is -3.09. The molecule has 0 aliphatic heterocycles. The van der Waals surface area contributed by atoms with Crippen LogP contribution in [0.1, 0.15) is 46.1 Å². The number of carbonyl (C=O) groups excluding carboxylic acids is 1. The average molecular weight is 352 g/mol. The van der Waals surface area contributed by atoms with Crippen molar-refractivity contribution in [1.29, 1.82) is 0 Å². The van der Waals surface area contributed by atoms with Crippen molar-refractivity contribution in [3.8, 4) is 5.75 Å². The molecule has 4 rings (SSSR count). The number of anilines is 1. The molecule has 2 aromatic heterocycles. The lowest BCUT2D eigenvalue weighted by atomic mass is 10.1. The van der Waals surface area contributed by atoms with Crippen molar-refractivity contribution in [3.63, 3.8) is 0 Å². The zero-order valence-corrected chi connectivity index (χ0v) is 14.9. The highest BCUT2D eigenvalue weighted by Crippen LogP contribution is 2.42. The van der Waals surface area contributed by atoms with Gasteiger partial charge in [-0.2, -0.15) is 0 Å². The summed E-state index contributed by atoms with van der Waals surface area (Å²) in [5.41, 5.74) is 8.48. The van der Waals surface area contributed by atoms with Gasteiger partial charge in [-0.05, 0) is 56.5 Å². The van der Waals surface area contributed by atoms with Crippen molar-refractivity contribution in [2.75, 3.05) is 12.5 Å². The summed E-state index contributed by atoms with van der Waals surface area (Å²) in [5, 5.41) is 4.91. The number of aryl methyl sites for hydroxylation is 2. The molecule has 0 unspecified atom stereocenters. The zero-order chi connectivity index (χ0) is 18.3. The van der Waals surface area contributed by atoms with Crippen LogP contribution in [0.3, 0.4) is 0 Å². The number of benzene rings is 1. The molecule has 1 aliphatic rings. The largest absolute Gasteiger partial charge is 0.497 e. The molecule has 0 radical (unpaired) electrons. The molecular weight excluding hydrogens is 332 g/mol. The van der Waals surface area contributed by atoms with E-state index < -0.39 is 0 Å². The fraction of sp³-hybridized carbons (Fsp3) is 0.316. The van der Waals surface area contributed by atoms with Gasteiger partial charge in [-0.3, -0.25) is 15.6 Å². The molecule has 134 valence electrons. The van der Waals surface area contributed by atoms with Crippen LogP contribution in [0, 0.1) is 13.8 Å². The van der Waals surface area contributed by atoms with E-state index in [9.17, 15) is 4.79 Å². The number of carbonyl (C=O) groups is 1. The summed E-state index contributed by atoms with van der Waals surface area (Å²) in [4.78, 5) is 17.2. The van der Waals surface area contributed by atoms with E-state index in [2.05, 4.69) is 21.0 Å². The molecule has 0 bridgehead atoms. The van der Waals surface area contributed by atoms with Crippen LogP contribution in [-0.2, 0) is 0 Å². The minimum atomic E-state index is -0.262. The Balaban J connectivity index is 1.55. The fourth-order valence-electron chi connectivity index (χ4n) is 2.98. The lowest BCUT2D eigenvalue weighted by Crippen LogP contribution is -2.31. The van der Waals surface area contributed by atoms with Gasteiger partial charge in [0.15, 0.2) is 5.76 Å². The van der Waals surface area contributed by atoms with E-state index in [4.69, 9.17) is 9.26 Å². The Morgan fingerprint density at radius 3 is 2.81 bits per heavy atom. The molecule has 2 heterocycles. The SMILES string of the molecule is COc1ccc2nc(NNC(=O)c3c(C)noc3C3CC3)c(C)cc2c1. The minimum absolute atomic E-state index is 0.262. The fourth-order valence-corrected chi connectivity index (χ4v) is 2.98. The molecular formula is C19H20N4O3. The quantitative estimate of drug-likeness (QED) is 0.683. The summed E-state index contributed by atoms with van der Waals surface area (Å²) in [6.07, 6.45) is 2.08. The number of pyridine rings is 1. The summed E-state index contributed by atoms with van der Waals surface area (Å²) in [5.74, 6) is 2.10. The van der Waals surface area contributed by atoms with Crippen LogP contribution in [0.25, 0.3) is 10.9 Å². The first-order valence-electron chi connectivity index (χ1n) is 8.54. The predicted molar refractivity (Wildman–Crippen MR) is 97.3 cm³/mol. The highest BCUT2D eigenvalue weighted by atomic mass is 16.5. The molecule has 1 fully saturated rings. The number of rotatable bonds is 5. The smallest absolute Gasteiger partial charge is 0.275 e. The normalized spacial score (nSPS) is 13.7. The molecule has 26 heavy (non-hydrogen) atoms. The van der Waals surface area contributed by atoms with E-state index in [0.717, 1.165) is 35.1 Å². The van der Waals surface area contributed by atoms with E-state index >= 15 is 0 Å². The predicted octanol–water partition coefficient (Wildman–Crippen LogP) is 3.48. The van der Waals surface area contributed by atoms with Gasteiger partial charge in [0, 0.05) is 11.3 Å². The van der Waals surface area contributed by atoms with Crippen molar-refractivity contribution in [2.45, 2.75) is 32.6 Å². The first-order chi connectivity index (χ1) is 12.6.